The second kappa shape index (κ2) is 7.25. The average Bonchev–Trinajstić information content (AvgIpc) is 2.36. The molecule has 106 valence electrons. The number of benzene rings is 1. The van der Waals surface area contributed by atoms with E-state index in [0.29, 0.717) is 12.2 Å². The third-order valence-corrected chi connectivity index (χ3v) is 4.11. The lowest BCUT2D eigenvalue weighted by molar-refractivity contribution is 0.252. The van der Waals surface area contributed by atoms with Crippen molar-refractivity contribution in [1.29, 1.82) is 0 Å². The van der Waals surface area contributed by atoms with Crippen LogP contribution in [0.15, 0.2) is 24.3 Å². The van der Waals surface area contributed by atoms with Crippen LogP contribution < -0.4 is 16.4 Å². The molecule has 6 heteroatoms. The molecule has 0 saturated heterocycles. The molecule has 0 saturated carbocycles. The summed E-state index contributed by atoms with van der Waals surface area (Å²) in [6.07, 6.45) is 1.62. The SMILES string of the molecule is CC(N)c1ccc(NC(=O)NCC(C)S(C)=O)cc1. The first-order valence-electron chi connectivity index (χ1n) is 6.12. The van der Waals surface area contributed by atoms with Gasteiger partial charge in [-0.2, -0.15) is 0 Å². The quantitative estimate of drug-likeness (QED) is 0.767. The van der Waals surface area contributed by atoms with Gasteiger partial charge in [0.2, 0.25) is 0 Å². The third kappa shape index (κ3) is 5.40. The Labute approximate surface area is 116 Å². The topological polar surface area (TPSA) is 84.2 Å². The fraction of sp³-hybridized carbons (Fsp3) is 0.462. The molecule has 1 aromatic rings. The van der Waals surface area contributed by atoms with Crippen LogP contribution >= 0.6 is 0 Å². The average molecular weight is 283 g/mol. The minimum Gasteiger partial charge on any atom is -0.337 e. The van der Waals surface area contributed by atoms with Gasteiger partial charge in [0.05, 0.1) is 0 Å². The van der Waals surface area contributed by atoms with Gasteiger partial charge in [-0.15, -0.1) is 0 Å². The van der Waals surface area contributed by atoms with Gasteiger partial charge in [0.15, 0.2) is 0 Å². The van der Waals surface area contributed by atoms with E-state index in [1.165, 1.54) is 0 Å². The van der Waals surface area contributed by atoms with E-state index in [0.717, 1.165) is 5.56 Å². The van der Waals surface area contributed by atoms with Gasteiger partial charge >= 0.3 is 6.03 Å². The van der Waals surface area contributed by atoms with Crippen molar-refractivity contribution in [3.05, 3.63) is 29.8 Å². The zero-order valence-electron chi connectivity index (χ0n) is 11.5. The molecule has 4 N–H and O–H groups in total. The number of nitrogens with two attached hydrogens (primary N) is 1. The monoisotopic (exact) mass is 283 g/mol. The predicted octanol–water partition coefficient (Wildman–Crippen LogP) is 1.59. The van der Waals surface area contributed by atoms with Crippen molar-refractivity contribution in [1.82, 2.24) is 5.32 Å². The second-order valence-electron chi connectivity index (χ2n) is 4.55. The molecule has 0 aliphatic carbocycles. The van der Waals surface area contributed by atoms with Gasteiger partial charge in [0.25, 0.3) is 0 Å². The molecular formula is C13H21N3O2S. The Kier molecular flexibility index (Phi) is 5.98. The summed E-state index contributed by atoms with van der Waals surface area (Å²) < 4.78 is 11.1. The number of nitrogens with one attached hydrogen (secondary N) is 2. The number of carbonyl (C=O) groups excluding carboxylic acids is 1. The maximum atomic E-state index is 11.6. The fourth-order valence-electron chi connectivity index (χ4n) is 1.40. The van der Waals surface area contributed by atoms with E-state index >= 15 is 0 Å². The Morgan fingerprint density at radius 1 is 1.32 bits per heavy atom. The summed E-state index contributed by atoms with van der Waals surface area (Å²) in [7, 11) is -0.938. The molecule has 1 rings (SSSR count). The highest BCUT2D eigenvalue weighted by molar-refractivity contribution is 7.84. The molecule has 2 amide bonds. The maximum Gasteiger partial charge on any atom is 0.319 e. The zero-order chi connectivity index (χ0) is 14.4. The van der Waals surface area contributed by atoms with Crippen LogP contribution in [-0.4, -0.2) is 28.3 Å². The fourth-order valence-corrected chi connectivity index (χ4v) is 1.72. The van der Waals surface area contributed by atoms with Gasteiger partial charge in [-0.3, -0.25) is 4.21 Å². The smallest absolute Gasteiger partial charge is 0.319 e. The normalized spacial score (nSPS) is 15.4. The van der Waals surface area contributed by atoms with Gasteiger partial charge in [-0.05, 0) is 31.5 Å². The Morgan fingerprint density at radius 3 is 2.37 bits per heavy atom. The maximum absolute atomic E-state index is 11.6. The van der Waals surface area contributed by atoms with Crippen molar-refractivity contribution in [3.8, 4) is 0 Å². The summed E-state index contributed by atoms with van der Waals surface area (Å²) in [6.45, 7) is 4.11. The molecule has 0 aliphatic rings. The molecule has 0 radical (unpaired) electrons. The van der Waals surface area contributed by atoms with Gasteiger partial charge in [0.1, 0.15) is 0 Å². The predicted molar refractivity (Wildman–Crippen MR) is 79.6 cm³/mol. The van der Waals surface area contributed by atoms with Crippen LogP contribution in [0.1, 0.15) is 25.5 Å². The van der Waals surface area contributed by atoms with Crippen molar-refractivity contribution in [2.24, 2.45) is 5.73 Å². The molecule has 1 aromatic carbocycles. The molecule has 0 aromatic heterocycles. The molecule has 0 fully saturated rings. The molecule has 0 heterocycles. The third-order valence-electron chi connectivity index (χ3n) is 2.81. The van der Waals surface area contributed by atoms with Crippen LogP contribution in [0.3, 0.4) is 0 Å². The van der Waals surface area contributed by atoms with E-state index in [1.54, 1.807) is 18.4 Å². The molecule has 5 nitrogen and oxygen atoms in total. The number of hydrogen-bond donors (Lipinski definition) is 3. The van der Waals surface area contributed by atoms with Crippen molar-refractivity contribution >= 4 is 22.5 Å². The van der Waals surface area contributed by atoms with Crippen molar-refractivity contribution in [2.75, 3.05) is 18.1 Å². The Hall–Kier alpha value is -1.40. The number of amides is 2. The van der Waals surface area contributed by atoms with E-state index < -0.39 is 10.8 Å². The Balaban J connectivity index is 2.46. The minimum absolute atomic E-state index is 0.0248. The number of hydrogen-bond acceptors (Lipinski definition) is 3. The largest absolute Gasteiger partial charge is 0.337 e. The van der Waals surface area contributed by atoms with Crippen molar-refractivity contribution in [2.45, 2.75) is 25.1 Å². The molecule has 0 bridgehead atoms. The van der Waals surface area contributed by atoms with E-state index in [9.17, 15) is 9.00 Å². The molecule has 19 heavy (non-hydrogen) atoms. The molecule has 3 unspecified atom stereocenters. The summed E-state index contributed by atoms with van der Waals surface area (Å²) >= 11 is 0. The lowest BCUT2D eigenvalue weighted by atomic mass is 10.1. The van der Waals surface area contributed by atoms with Crippen LogP contribution in [-0.2, 0) is 10.8 Å². The Bertz CT molecular complexity index is 446. The summed E-state index contributed by atoms with van der Waals surface area (Å²) in [5.41, 5.74) is 7.46. The number of urea groups is 1. The first-order valence-corrected chi connectivity index (χ1v) is 7.75. The number of carbonyl (C=O) groups is 1. The minimum atomic E-state index is -0.938. The van der Waals surface area contributed by atoms with Gasteiger partial charge in [-0.25, -0.2) is 4.79 Å². The highest BCUT2D eigenvalue weighted by Crippen LogP contribution is 2.13. The summed E-state index contributed by atoms with van der Waals surface area (Å²) in [5.74, 6) is 0. The summed E-state index contributed by atoms with van der Waals surface area (Å²) in [4.78, 5) is 11.6. The van der Waals surface area contributed by atoms with E-state index in [2.05, 4.69) is 10.6 Å². The number of rotatable bonds is 5. The highest BCUT2D eigenvalue weighted by Gasteiger charge is 2.08. The second-order valence-corrected chi connectivity index (χ2v) is 6.36. The van der Waals surface area contributed by atoms with E-state index in [-0.39, 0.29) is 17.3 Å². The van der Waals surface area contributed by atoms with Gasteiger partial charge in [0, 0.05) is 40.6 Å². The first kappa shape index (κ1) is 15.7. The van der Waals surface area contributed by atoms with Crippen molar-refractivity contribution in [3.63, 3.8) is 0 Å². The van der Waals surface area contributed by atoms with Crippen LogP contribution in [0, 0.1) is 0 Å². The molecular weight excluding hydrogens is 262 g/mol. The lowest BCUT2D eigenvalue weighted by Gasteiger charge is -2.12. The van der Waals surface area contributed by atoms with Gasteiger partial charge in [-0.1, -0.05) is 12.1 Å². The molecule has 3 atom stereocenters. The number of anilines is 1. The van der Waals surface area contributed by atoms with E-state index in [4.69, 9.17) is 5.73 Å². The van der Waals surface area contributed by atoms with Crippen LogP contribution in [0.2, 0.25) is 0 Å². The lowest BCUT2D eigenvalue weighted by Crippen LogP contribution is -2.35. The van der Waals surface area contributed by atoms with Crippen LogP contribution in [0.4, 0.5) is 10.5 Å². The zero-order valence-corrected chi connectivity index (χ0v) is 12.3. The van der Waals surface area contributed by atoms with E-state index in [1.807, 2.05) is 26.0 Å². The standard InChI is InChI=1S/C13H21N3O2S/c1-9(19(3)18)8-15-13(17)16-12-6-4-11(5-7-12)10(2)14/h4-7,9-10H,8,14H2,1-3H3,(H2,15,16,17). The summed E-state index contributed by atoms with van der Waals surface area (Å²) in [5, 5.41) is 5.33. The van der Waals surface area contributed by atoms with Crippen molar-refractivity contribution < 1.29 is 9.00 Å². The first-order chi connectivity index (χ1) is 8.90. The molecule has 0 aliphatic heterocycles. The summed E-state index contributed by atoms with van der Waals surface area (Å²) in [6, 6.07) is 7.04. The Morgan fingerprint density at radius 2 is 1.89 bits per heavy atom. The molecule has 0 spiro atoms. The van der Waals surface area contributed by atoms with Gasteiger partial charge < -0.3 is 16.4 Å². The highest BCUT2D eigenvalue weighted by atomic mass is 32.2. The van der Waals surface area contributed by atoms with Crippen LogP contribution in [0.25, 0.3) is 0 Å². The van der Waals surface area contributed by atoms with Crippen LogP contribution in [0.5, 0.6) is 0 Å².